The minimum Gasteiger partial charge on any atom is -0.351 e. The zero-order chi connectivity index (χ0) is 16.4. The maximum atomic E-state index is 5.94. The number of halogens is 1. The van der Waals surface area contributed by atoms with Crippen LogP contribution in [0.2, 0.25) is 5.02 Å². The number of aromatic nitrogens is 3. The fourth-order valence-electron chi connectivity index (χ4n) is 2.33. The summed E-state index contributed by atoms with van der Waals surface area (Å²) in [4.78, 5) is 13.4. The summed E-state index contributed by atoms with van der Waals surface area (Å²) in [7, 11) is 0. The summed E-state index contributed by atoms with van der Waals surface area (Å²) < 4.78 is 0. The highest BCUT2D eigenvalue weighted by Gasteiger charge is 2.22. The molecule has 0 unspecified atom stereocenters. The van der Waals surface area contributed by atoms with Gasteiger partial charge in [-0.1, -0.05) is 11.6 Å². The first-order valence-corrected chi connectivity index (χ1v) is 8.23. The summed E-state index contributed by atoms with van der Waals surface area (Å²) in [6.07, 6.45) is 5.89. The quantitative estimate of drug-likeness (QED) is 0.717. The number of hydrogen-bond donors (Lipinski definition) is 2. The van der Waals surface area contributed by atoms with Crippen LogP contribution in [0.15, 0.2) is 54.9 Å². The molecule has 4 rings (SSSR count). The Hall–Kier alpha value is -2.66. The molecule has 1 aliphatic rings. The van der Waals surface area contributed by atoms with E-state index < -0.39 is 0 Å². The Balaban J connectivity index is 1.67. The van der Waals surface area contributed by atoms with E-state index in [-0.39, 0.29) is 0 Å². The van der Waals surface area contributed by atoms with Crippen LogP contribution in [0.1, 0.15) is 12.8 Å². The predicted octanol–water partition coefficient (Wildman–Crippen LogP) is 4.51. The molecule has 0 saturated heterocycles. The molecular weight excluding hydrogens is 322 g/mol. The molecular formula is C18H16ClN5. The van der Waals surface area contributed by atoms with Crippen LogP contribution in [-0.4, -0.2) is 21.0 Å². The molecule has 120 valence electrons. The van der Waals surface area contributed by atoms with Gasteiger partial charge in [0.15, 0.2) is 0 Å². The van der Waals surface area contributed by atoms with Gasteiger partial charge in [-0.05, 0) is 49.2 Å². The summed E-state index contributed by atoms with van der Waals surface area (Å²) in [5.74, 6) is 1.37. The fourth-order valence-corrected chi connectivity index (χ4v) is 2.46. The van der Waals surface area contributed by atoms with Crippen molar-refractivity contribution in [1.82, 2.24) is 15.0 Å². The molecule has 0 spiro atoms. The molecule has 2 aromatic heterocycles. The Bertz CT molecular complexity index is 832. The molecule has 0 bridgehead atoms. The molecule has 3 aromatic rings. The van der Waals surface area contributed by atoms with Crippen molar-refractivity contribution in [2.24, 2.45) is 0 Å². The topological polar surface area (TPSA) is 62.7 Å². The molecule has 2 N–H and O–H groups in total. The Morgan fingerprint density at radius 2 is 1.88 bits per heavy atom. The minimum absolute atomic E-state index is 0.484. The van der Waals surface area contributed by atoms with Gasteiger partial charge in [0.1, 0.15) is 5.82 Å². The lowest BCUT2D eigenvalue weighted by molar-refractivity contribution is 1.06. The average Bonchev–Trinajstić information content (AvgIpc) is 3.42. The molecule has 1 aliphatic carbocycles. The molecule has 0 radical (unpaired) electrons. The van der Waals surface area contributed by atoms with E-state index in [1.54, 1.807) is 12.4 Å². The lowest BCUT2D eigenvalue weighted by atomic mass is 10.2. The van der Waals surface area contributed by atoms with Gasteiger partial charge in [-0.2, -0.15) is 4.98 Å². The molecule has 0 amide bonds. The number of nitrogens with one attached hydrogen (secondary N) is 2. The van der Waals surface area contributed by atoms with Gasteiger partial charge >= 0.3 is 0 Å². The Morgan fingerprint density at radius 3 is 2.58 bits per heavy atom. The summed E-state index contributed by atoms with van der Waals surface area (Å²) >= 11 is 5.94. The maximum Gasteiger partial charge on any atom is 0.225 e. The van der Waals surface area contributed by atoms with Gasteiger partial charge in [0.2, 0.25) is 5.95 Å². The predicted molar refractivity (Wildman–Crippen MR) is 96.6 cm³/mol. The van der Waals surface area contributed by atoms with Crippen molar-refractivity contribution < 1.29 is 0 Å². The van der Waals surface area contributed by atoms with Crippen LogP contribution in [0.25, 0.3) is 11.3 Å². The first kappa shape index (κ1) is 14.9. The third kappa shape index (κ3) is 3.63. The summed E-state index contributed by atoms with van der Waals surface area (Å²) in [5, 5.41) is 7.37. The van der Waals surface area contributed by atoms with Crippen LogP contribution >= 0.6 is 11.6 Å². The molecule has 24 heavy (non-hydrogen) atoms. The van der Waals surface area contributed by atoms with Crippen molar-refractivity contribution in [1.29, 1.82) is 0 Å². The van der Waals surface area contributed by atoms with E-state index in [1.165, 1.54) is 12.8 Å². The van der Waals surface area contributed by atoms with Crippen LogP contribution in [-0.2, 0) is 0 Å². The van der Waals surface area contributed by atoms with Gasteiger partial charge in [-0.25, -0.2) is 4.98 Å². The molecule has 5 nitrogen and oxygen atoms in total. The number of hydrogen-bond acceptors (Lipinski definition) is 5. The summed E-state index contributed by atoms with van der Waals surface area (Å²) in [6.45, 7) is 0. The average molecular weight is 338 g/mol. The van der Waals surface area contributed by atoms with Gasteiger partial charge in [0.25, 0.3) is 0 Å². The molecule has 0 aliphatic heterocycles. The highest BCUT2D eigenvalue weighted by atomic mass is 35.5. The first-order valence-electron chi connectivity index (χ1n) is 7.85. The van der Waals surface area contributed by atoms with Crippen molar-refractivity contribution in [2.75, 3.05) is 10.6 Å². The smallest absolute Gasteiger partial charge is 0.225 e. The SMILES string of the molecule is Clc1ccc(Nc2cc(-c3cccnc3)nc(NC3CC3)n2)cc1. The van der Waals surface area contributed by atoms with Gasteiger partial charge < -0.3 is 10.6 Å². The fraction of sp³-hybridized carbons (Fsp3) is 0.167. The Labute approximate surface area is 145 Å². The van der Waals surface area contributed by atoms with Crippen LogP contribution in [0, 0.1) is 0 Å². The normalized spacial score (nSPS) is 13.5. The highest BCUT2D eigenvalue weighted by Crippen LogP contribution is 2.27. The zero-order valence-corrected chi connectivity index (χ0v) is 13.7. The summed E-state index contributed by atoms with van der Waals surface area (Å²) in [6, 6.07) is 13.8. The Morgan fingerprint density at radius 1 is 1.04 bits per heavy atom. The minimum atomic E-state index is 0.484. The molecule has 6 heteroatoms. The van der Waals surface area contributed by atoms with E-state index in [1.807, 2.05) is 42.5 Å². The van der Waals surface area contributed by atoms with Crippen LogP contribution in [0.5, 0.6) is 0 Å². The van der Waals surface area contributed by atoms with Crippen molar-refractivity contribution in [2.45, 2.75) is 18.9 Å². The third-order valence-electron chi connectivity index (χ3n) is 3.71. The largest absolute Gasteiger partial charge is 0.351 e. The highest BCUT2D eigenvalue weighted by molar-refractivity contribution is 6.30. The van der Waals surface area contributed by atoms with E-state index in [4.69, 9.17) is 11.6 Å². The molecule has 1 aromatic carbocycles. The number of rotatable bonds is 5. The lowest BCUT2D eigenvalue weighted by Crippen LogP contribution is -2.07. The van der Waals surface area contributed by atoms with Crippen LogP contribution in [0.3, 0.4) is 0 Å². The lowest BCUT2D eigenvalue weighted by Gasteiger charge is -2.11. The summed E-state index contributed by atoms with van der Waals surface area (Å²) in [5.41, 5.74) is 2.71. The second-order valence-electron chi connectivity index (χ2n) is 5.75. The van der Waals surface area contributed by atoms with Crippen molar-refractivity contribution in [3.8, 4) is 11.3 Å². The van der Waals surface area contributed by atoms with Crippen LogP contribution < -0.4 is 10.6 Å². The number of nitrogens with zero attached hydrogens (tertiary/aromatic N) is 3. The zero-order valence-electron chi connectivity index (χ0n) is 12.9. The van der Waals surface area contributed by atoms with Crippen molar-refractivity contribution >= 4 is 29.1 Å². The molecule has 1 fully saturated rings. The monoisotopic (exact) mass is 337 g/mol. The molecule has 1 saturated carbocycles. The third-order valence-corrected chi connectivity index (χ3v) is 3.96. The van der Waals surface area contributed by atoms with Crippen molar-refractivity contribution in [3.63, 3.8) is 0 Å². The number of benzene rings is 1. The van der Waals surface area contributed by atoms with Gasteiger partial charge in [0.05, 0.1) is 5.69 Å². The maximum absolute atomic E-state index is 5.94. The molecule has 2 heterocycles. The van der Waals surface area contributed by atoms with E-state index in [2.05, 4.69) is 25.6 Å². The Kier molecular flexibility index (Phi) is 4.01. The van der Waals surface area contributed by atoms with Gasteiger partial charge in [0, 0.05) is 40.8 Å². The second-order valence-corrected chi connectivity index (χ2v) is 6.19. The van der Waals surface area contributed by atoms with Crippen molar-refractivity contribution in [3.05, 3.63) is 59.9 Å². The van der Waals surface area contributed by atoms with Gasteiger partial charge in [-0.3, -0.25) is 4.98 Å². The number of anilines is 3. The standard InChI is InChI=1S/C18H16ClN5/c19-13-3-5-14(6-4-13)21-17-10-16(12-2-1-9-20-11-12)23-18(24-17)22-15-7-8-15/h1-6,9-11,15H,7-8H2,(H2,21,22,23,24). The number of pyridine rings is 1. The first-order chi connectivity index (χ1) is 11.8. The van der Waals surface area contributed by atoms with E-state index in [9.17, 15) is 0 Å². The van der Waals surface area contributed by atoms with Gasteiger partial charge in [-0.15, -0.1) is 0 Å². The molecule has 0 atom stereocenters. The second kappa shape index (κ2) is 6.45. The van der Waals surface area contributed by atoms with E-state index in [0.29, 0.717) is 17.0 Å². The van der Waals surface area contributed by atoms with Crippen LogP contribution in [0.4, 0.5) is 17.5 Å². The van der Waals surface area contributed by atoms with E-state index >= 15 is 0 Å². The van der Waals surface area contributed by atoms with E-state index in [0.717, 1.165) is 22.8 Å².